The van der Waals surface area contributed by atoms with Crippen molar-refractivity contribution >= 4 is 13.8 Å². The van der Waals surface area contributed by atoms with Crippen LogP contribution in [0, 0.1) is 0 Å². The number of allylic oxidation sites excluding steroid dienone is 2. The normalized spacial score (nSPS) is 23.5. The first-order valence-electron chi connectivity index (χ1n) is 21.5. The van der Waals surface area contributed by atoms with Gasteiger partial charge in [0, 0.05) is 13.0 Å². The zero-order valence-electron chi connectivity index (χ0n) is 33.8. The first-order valence-corrected chi connectivity index (χ1v) is 23.0. The molecule has 0 bridgehead atoms. The van der Waals surface area contributed by atoms with Crippen LogP contribution < -0.4 is 0 Å². The lowest BCUT2D eigenvalue weighted by molar-refractivity contribution is -0.220. The van der Waals surface area contributed by atoms with Crippen molar-refractivity contribution in [1.29, 1.82) is 0 Å². The van der Waals surface area contributed by atoms with Crippen LogP contribution in [0.15, 0.2) is 12.2 Å². The molecule has 1 aliphatic carbocycles. The van der Waals surface area contributed by atoms with Gasteiger partial charge in [-0.2, -0.15) is 0 Å². The van der Waals surface area contributed by atoms with Crippen molar-refractivity contribution in [2.45, 2.75) is 224 Å². The second-order valence-corrected chi connectivity index (χ2v) is 16.6. The molecule has 0 heterocycles. The third kappa shape index (κ3) is 25.4. The van der Waals surface area contributed by atoms with Gasteiger partial charge in [-0.3, -0.25) is 13.8 Å². The molecule has 0 radical (unpaired) electrons. The predicted molar refractivity (Wildman–Crippen MR) is 212 cm³/mol. The highest BCUT2D eigenvalue weighted by atomic mass is 31.2. The van der Waals surface area contributed by atoms with Gasteiger partial charge in [0.1, 0.15) is 42.7 Å². The summed E-state index contributed by atoms with van der Waals surface area (Å²) in [4.78, 5) is 23.1. The summed E-state index contributed by atoms with van der Waals surface area (Å²) in [6, 6.07) is 0. The summed E-state index contributed by atoms with van der Waals surface area (Å²) < 4.78 is 34.1. The number of phosphoric acid groups is 1. The highest BCUT2D eigenvalue weighted by molar-refractivity contribution is 7.47. The van der Waals surface area contributed by atoms with Crippen molar-refractivity contribution in [3.05, 3.63) is 12.2 Å². The molecule has 6 atom stereocenters. The number of aliphatic hydroxyl groups excluding tert-OH is 5. The fourth-order valence-electron chi connectivity index (χ4n) is 6.65. The Labute approximate surface area is 327 Å². The highest BCUT2D eigenvalue weighted by Crippen LogP contribution is 2.47. The third-order valence-corrected chi connectivity index (χ3v) is 11.1. The molecule has 0 amide bonds. The Morgan fingerprint density at radius 3 is 1.54 bits per heavy atom. The molecule has 0 aromatic heterocycles. The largest absolute Gasteiger partial charge is 0.472 e. The van der Waals surface area contributed by atoms with Crippen LogP contribution in [0.3, 0.4) is 0 Å². The number of hydrogen-bond acceptors (Lipinski definition) is 11. The smallest absolute Gasteiger partial charge is 0.457 e. The SMILES string of the molecule is CCC/C=C\CCCCCCCCOCC(COP(=O)(O)OC1C(O)C(O)C(O)C(O)C1O)OC(=O)CCCCCCCCCCCCCCCCCC. The van der Waals surface area contributed by atoms with Gasteiger partial charge in [0.25, 0.3) is 0 Å². The fourth-order valence-corrected chi connectivity index (χ4v) is 7.62. The molecule has 1 saturated carbocycles. The van der Waals surface area contributed by atoms with E-state index in [0.29, 0.717) is 13.0 Å². The van der Waals surface area contributed by atoms with Crippen molar-refractivity contribution in [2.24, 2.45) is 0 Å². The van der Waals surface area contributed by atoms with Gasteiger partial charge in [-0.1, -0.05) is 154 Å². The van der Waals surface area contributed by atoms with Crippen molar-refractivity contribution < 1.29 is 58.3 Å². The highest BCUT2D eigenvalue weighted by Gasteiger charge is 2.51. The number of hydrogen-bond donors (Lipinski definition) is 6. The number of unbranched alkanes of at least 4 members (excludes halogenated alkanes) is 22. The van der Waals surface area contributed by atoms with E-state index in [4.69, 9.17) is 18.5 Å². The minimum absolute atomic E-state index is 0.0763. The van der Waals surface area contributed by atoms with Crippen LogP contribution in [0.1, 0.15) is 181 Å². The van der Waals surface area contributed by atoms with Crippen LogP contribution in [0.25, 0.3) is 0 Å². The molecule has 0 saturated heterocycles. The van der Waals surface area contributed by atoms with Gasteiger partial charge in [-0.25, -0.2) is 4.57 Å². The molecular weight excluding hydrogens is 715 g/mol. The molecule has 13 heteroatoms. The van der Waals surface area contributed by atoms with E-state index in [1.807, 2.05) is 0 Å². The zero-order valence-corrected chi connectivity index (χ0v) is 34.7. The van der Waals surface area contributed by atoms with Crippen LogP contribution >= 0.6 is 7.82 Å². The first kappa shape index (κ1) is 51.1. The lowest BCUT2D eigenvalue weighted by Crippen LogP contribution is -2.64. The van der Waals surface area contributed by atoms with E-state index in [0.717, 1.165) is 57.8 Å². The number of phosphoric ester groups is 1. The molecule has 12 nitrogen and oxygen atoms in total. The average Bonchev–Trinajstić information content (AvgIpc) is 3.15. The summed E-state index contributed by atoms with van der Waals surface area (Å²) in [7, 11) is -5.01. The van der Waals surface area contributed by atoms with E-state index < -0.39 is 63.1 Å². The standard InChI is InChI=1S/C41H79O12P/c1-3-5-7-9-11-13-15-16-17-18-19-20-22-24-26-28-30-35(42)52-34(32-50-31-29-27-25-23-21-14-12-10-8-6-4-2)33-51-54(48,49)53-41-39(46)37(44)36(43)38(45)40(41)47/h8,10,34,36-41,43-47H,3-7,9,11-33H2,1-2H3,(H,48,49)/b10-8-. The molecule has 0 aromatic carbocycles. The zero-order chi connectivity index (χ0) is 39.9. The summed E-state index contributed by atoms with van der Waals surface area (Å²) >= 11 is 0. The summed E-state index contributed by atoms with van der Waals surface area (Å²) in [5.41, 5.74) is 0. The number of aliphatic hydroxyl groups is 5. The quantitative estimate of drug-likeness (QED) is 0.0155. The molecule has 1 aliphatic rings. The Hall–Kier alpha value is -0.920. The Bertz CT molecular complexity index is 952. The molecule has 0 spiro atoms. The minimum Gasteiger partial charge on any atom is -0.457 e. The minimum atomic E-state index is -5.01. The Morgan fingerprint density at radius 1 is 0.574 bits per heavy atom. The lowest BCUT2D eigenvalue weighted by Gasteiger charge is -2.41. The summed E-state index contributed by atoms with van der Waals surface area (Å²) in [6.45, 7) is 4.19. The van der Waals surface area contributed by atoms with Gasteiger partial charge in [0.05, 0.1) is 13.2 Å². The monoisotopic (exact) mass is 795 g/mol. The molecular formula is C41H79O12P. The van der Waals surface area contributed by atoms with E-state index in [1.54, 1.807) is 0 Å². The molecule has 0 aliphatic heterocycles. The Balaban J connectivity index is 2.41. The molecule has 1 rings (SSSR count). The van der Waals surface area contributed by atoms with E-state index >= 15 is 0 Å². The van der Waals surface area contributed by atoms with Crippen molar-refractivity contribution in [3.8, 4) is 0 Å². The maximum Gasteiger partial charge on any atom is 0.472 e. The van der Waals surface area contributed by atoms with E-state index in [1.165, 1.54) is 96.3 Å². The molecule has 0 aromatic rings. The summed E-state index contributed by atoms with van der Waals surface area (Å²) in [6.07, 6.45) is 21.5. The number of carbonyl (C=O) groups is 1. The van der Waals surface area contributed by atoms with Gasteiger partial charge >= 0.3 is 13.8 Å². The lowest BCUT2D eigenvalue weighted by atomic mass is 9.85. The van der Waals surface area contributed by atoms with Gasteiger partial charge < -0.3 is 39.9 Å². The van der Waals surface area contributed by atoms with Crippen molar-refractivity contribution in [3.63, 3.8) is 0 Å². The van der Waals surface area contributed by atoms with Crippen LogP contribution in [-0.2, 0) is 27.9 Å². The average molecular weight is 795 g/mol. The number of carbonyl (C=O) groups excluding carboxylic acids is 1. The fraction of sp³-hybridized carbons (Fsp3) is 0.927. The van der Waals surface area contributed by atoms with Gasteiger partial charge in [-0.15, -0.1) is 0 Å². The Morgan fingerprint density at radius 2 is 1.02 bits per heavy atom. The van der Waals surface area contributed by atoms with Crippen LogP contribution in [0.4, 0.5) is 0 Å². The van der Waals surface area contributed by atoms with E-state index in [-0.39, 0.29) is 13.0 Å². The Kier molecular flexibility index (Phi) is 31.3. The van der Waals surface area contributed by atoms with Gasteiger partial charge in [0.2, 0.25) is 0 Å². The second kappa shape index (κ2) is 33.1. The van der Waals surface area contributed by atoms with Gasteiger partial charge in [0.15, 0.2) is 0 Å². The molecule has 6 N–H and O–H groups in total. The van der Waals surface area contributed by atoms with Crippen molar-refractivity contribution in [1.82, 2.24) is 0 Å². The maximum atomic E-state index is 12.8. The second-order valence-electron chi connectivity index (χ2n) is 15.2. The molecule has 54 heavy (non-hydrogen) atoms. The predicted octanol–water partition coefficient (Wildman–Crippen LogP) is 7.97. The molecule has 1 fully saturated rings. The third-order valence-electron chi connectivity index (χ3n) is 10.1. The van der Waals surface area contributed by atoms with Crippen LogP contribution in [-0.4, -0.2) is 98.9 Å². The first-order chi connectivity index (χ1) is 26.0. The molecule has 320 valence electrons. The number of esters is 1. The number of ether oxygens (including phenoxy) is 2. The van der Waals surface area contributed by atoms with E-state index in [2.05, 4.69) is 26.0 Å². The summed E-state index contributed by atoms with van der Waals surface area (Å²) in [5.74, 6) is -0.478. The van der Waals surface area contributed by atoms with Gasteiger partial charge in [-0.05, 0) is 32.1 Å². The topological polar surface area (TPSA) is 192 Å². The van der Waals surface area contributed by atoms with Crippen LogP contribution in [0.2, 0.25) is 0 Å². The van der Waals surface area contributed by atoms with Crippen molar-refractivity contribution in [2.75, 3.05) is 19.8 Å². The number of rotatable bonds is 36. The maximum absolute atomic E-state index is 12.8. The summed E-state index contributed by atoms with van der Waals surface area (Å²) in [5, 5.41) is 50.0. The van der Waals surface area contributed by atoms with E-state index in [9.17, 15) is 39.8 Å². The van der Waals surface area contributed by atoms with Crippen LogP contribution in [0.5, 0.6) is 0 Å². The molecule has 6 unspecified atom stereocenters.